The van der Waals surface area contributed by atoms with Crippen LogP contribution in [0.3, 0.4) is 0 Å². The number of hydrogen-bond donors (Lipinski definition) is 2. The van der Waals surface area contributed by atoms with E-state index in [2.05, 4.69) is 21.1 Å². The van der Waals surface area contributed by atoms with E-state index >= 15 is 0 Å². The summed E-state index contributed by atoms with van der Waals surface area (Å²) in [5.41, 5.74) is 8.33. The summed E-state index contributed by atoms with van der Waals surface area (Å²) in [5, 5.41) is 7.94. The molecule has 0 aliphatic carbocycles. The Balaban J connectivity index is 1.18. The second-order valence-electron chi connectivity index (χ2n) is 9.46. The van der Waals surface area contributed by atoms with Crippen LogP contribution in [0, 0.1) is 0 Å². The lowest BCUT2D eigenvalue weighted by atomic mass is 10.2. The lowest BCUT2D eigenvalue weighted by Crippen LogP contribution is -2.22. The van der Waals surface area contributed by atoms with Gasteiger partial charge in [-0.25, -0.2) is 10.9 Å². The number of ether oxygens (including phenoxy) is 4. The van der Waals surface area contributed by atoms with E-state index in [4.69, 9.17) is 18.9 Å². The van der Waals surface area contributed by atoms with E-state index in [1.54, 1.807) is 50.6 Å². The molecule has 0 unspecified atom stereocenters. The van der Waals surface area contributed by atoms with Crippen LogP contribution in [0.5, 0.6) is 23.0 Å². The van der Waals surface area contributed by atoms with E-state index < -0.39 is 11.8 Å². The van der Waals surface area contributed by atoms with Crippen LogP contribution >= 0.6 is 0 Å². The predicted molar refractivity (Wildman–Crippen MR) is 168 cm³/mol. The number of nitrogens with zero attached hydrogens (tertiary/aromatic N) is 2. The summed E-state index contributed by atoms with van der Waals surface area (Å²) in [7, 11) is 3.11. The number of amides is 2. The Morgan fingerprint density at radius 1 is 0.591 bits per heavy atom. The SMILES string of the molecule is COc1cc(/C=N/NC(=O)CCC(=O)N/N=C/c2ccc(OCc3ccccc3)c(OC)c2)ccc1OCc1ccccc1. The molecular formula is C34H34N4O6. The van der Waals surface area contributed by atoms with E-state index in [9.17, 15) is 9.59 Å². The molecule has 0 aliphatic rings. The smallest absolute Gasteiger partial charge is 0.240 e. The first-order chi connectivity index (χ1) is 21.5. The Morgan fingerprint density at radius 3 is 1.39 bits per heavy atom. The van der Waals surface area contributed by atoms with Crippen molar-refractivity contribution in [1.29, 1.82) is 0 Å². The van der Waals surface area contributed by atoms with Crippen molar-refractivity contribution in [2.45, 2.75) is 26.1 Å². The quantitative estimate of drug-likeness (QED) is 0.143. The van der Waals surface area contributed by atoms with Crippen molar-refractivity contribution in [3.05, 3.63) is 119 Å². The highest BCUT2D eigenvalue weighted by Gasteiger charge is 2.08. The summed E-state index contributed by atoms with van der Waals surface area (Å²) in [5.74, 6) is 1.45. The molecule has 0 spiro atoms. The molecule has 0 aliphatic heterocycles. The second kappa shape index (κ2) is 16.7. The van der Waals surface area contributed by atoms with Gasteiger partial charge in [-0.1, -0.05) is 60.7 Å². The topological polar surface area (TPSA) is 120 Å². The summed E-state index contributed by atoms with van der Waals surface area (Å²) in [6.45, 7) is 0.818. The number of hydrogen-bond acceptors (Lipinski definition) is 8. The molecule has 10 nitrogen and oxygen atoms in total. The van der Waals surface area contributed by atoms with E-state index in [1.807, 2.05) is 60.7 Å². The fraction of sp³-hybridized carbons (Fsp3) is 0.176. The van der Waals surface area contributed by atoms with Crippen LogP contribution in [-0.4, -0.2) is 38.5 Å². The average Bonchev–Trinajstić information content (AvgIpc) is 3.06. The summed E-state index contributed by atoms with van der Waals surface area (Å²) in [4.78, 5) is 24.3. The van der Waals surface area contributed by atoms with Crippen molar-refractivity contribution in [3.63, 3.8) is 0 Å². The normalized spacial score (nSPS) is 10.9. The van der Waals surface area contributed by atoms with Crippen LogP contribution in [-0.2, 0) is 22.8 Å². The van der Waals surface area contributed by atoms with Gasteiger partial charge in [0.2, 0.25) is 11.8 Å². The number of hydrazone groups is 2. The van der Waals surface area contributed by atoms with Crippen LogP contribution in [0.15, 0.2) is 107 Å². The molecule has 2 amide bonds. The highest BCUT2D eigenvalue weighted by Crippen LogP contribution is 2.29. The van der Waals surface area contributed by atoms with E-state index in [0.29, 0.717) is 47.3 Å². The molecule has 4 rings (SSSR count). The molecule has 4 aromatic carbocycles. The Hall–Kier alpha value is -5.64. The third-order valence-corrected chi connectivity index (χ3v) is 6.23. The molecule has 0 saturated carbocycles. The highest BCUT2D eigenvalue weighted by molar-refractivity contribution is 5.87. The maximum Gasteiger partial charge on any atom is 0.240 e. The van der Waals surface area contributed by atoms with Crippen molar-refractivity contribution < 1.29 is 28.5 Å². The number of rotatable bonds is 15. The van der Waals surface area contributed by atoms with Crippen molar-refractivity contribution in [1.82, 2.24) is 10.9 Å². The first-order valence-electron chi connectivity index (χ1n) is 13.9. The van der Waals surface area contributed by atoms with Gasteiger partial charge in [0.05, 0.1) is 26.6 Å². The molecule has 0 saturated heterocycles. The van der Waals surface area contributed by atoms with E-state index in [-0.39, 0.29) is 12.8 Å². The molecule has 44 heavy (non-hydrogen) atoms. The lowest BCUT2D eigenvalue weighted by molar-refractivity contribution is -0.126. The third-order valence-electron chi connectivity index (χ3n) is 6.23. The molecule has 0 atom stereocenters. The summed E-state index contributed by atoms with van der Waals surface area (Å²) in [6.07, 6.45) is 2.85. The van der Waals surface area contributed by atoms with Crippen molar-refractivity contribution in [2.75, 3.05) is 14.2 Å². The zero-order valence-electron chi connectivity index (χ0n) is 24.6. The first-order valence-corrected chi connectivity index (χ1v) is 13.9. The van der Waals surface area contributed by atoms with Gasteiger partial charge in [-0.2, -0.15) is 10.2 Å². The molecule has 0 heterocycles. The zero-order valence-corrected chi connectivity index (χ0v) is 24.6. The Kier molecular flexibility index (Phi) is 11.9. The number of carbonyl (C=O) groups is 2. The van der Waals surface area contributed by atoms with Gasteiger partial charge in [-0.15, -0.1) is 0 Å². The molecule has 10 heteroatoms. The third kappa shape index (κ3) is 10.0. The minimum Gasteiger partial charge on any atom is -0.493 e. The minimum absolute atomic E-state index is 0.0600. The molecule has 0 radical (unpaired) electrons. The molecule has 226 valence electrons. The molecule has 0 fully saturated rings. The Morgan fingerprint density at radius 2 is 1.00 bits per heavy atom. The van der Waals surface area contributed by atoms with Gasteiger partial charge >= 0.3 is 0 Å². The van der Waals surface area contributed by atoms with Crippen molar-refractivity contribution >= 4 is 24.2 Å². The molecular weight excluding hydrogens is 560 g/mol. The van der Waals surface area contributed by atoms with Crippen LogP contribution in [0.1, 0.15) is 35.1 Å². The van der Waals surface area contributed by atoms with Gasteiger partial charge in [0.1, 0.15) is 13.2 Å². The summed E-state index contributed by atoms with van der Waals surface area (Å²) >= 11 is 0. The lowest BCUT2D eigenvalue weighted by Gasteiger charge is -2.11. The van der Waals surface area contributed by atoms with Crippen molar-refractivity contribution in [3.8, 4) is 23.0 Å². The van der Waals surface area contributed by atoms with Gasteiger partial charge in [-0.05, 0) is 58.7 Å². The van der Waals surface area contributed by atoms with Gasteiger partial charge in [0.15, 0.2) is 23.0 Å². The number of methoxy groups -OCH3 is 2. The first kappa shape index (κ1) is 31.3. The van der Waals surface area contributed by atoms with Crippen LogP contribution in [0.25, 0.3) is 0 Å². The number of benzene rings is 4. The van der Waals surface area contributed by atoms with Crippen molar-refractivity contribution in [2.24, 2.45) is 10.2 Å². The summed E-state index contributed by atoms with van der Waals surface area (Å²) in [6, 6.07) is 30.3. The van der Waals surface area contributed by atoms with Gasteiger partial charge < -0.3 is 18.9 Å². The van der Waals surface area contributed by atoms with Gasteiger partial charge in [-0.3, -0.25) is 9.59 Å². The fourth-order valence-electron chi connectivity index (χ4n) is 3.93. The van der Waals surface area contributed by atoms with Crippen LogP contribution < -0.4 is 29.8 Å². The van der Waals surface area contributed by atoms with E-state index in [0.717, 1.165) is 11.1 Å². The van der Waals surface area contributed by atoms with Crippen LogP contribution in [0.2, 0.25) is 0 Å². The molecule has 0 bridgehead atoms. The van der Waals surface area contributed by atoms with E-state index in [1.165, 1.54) is 12.4 Å². The number of carbonyl (C=O) groups excluding carboxylic acids is 2. The van der Waals surface area contributed by atoms with Crippen LogP contribution in [0.4, 0.5) is 0 Å². The minimum atomic E-state index is -0.411. The Labute approximate surface area is 256 Å². The largest absolute Gasteiger partial charge is 0.493 e. The fourth-order valence-corrected chi connectivity index (χ4v) is 3.93. The Bertz CT molecular complexity index is 1460. The van der Waals surface area contributed by atoms with Gasteiger partial charge in [0, 0.05) is 12.8 Å². The summed E-state index contributed by atoms with van der Waals surface area (Å²) < 4.78 is 22.6. The maximum absolute atomic E-state index is 12.2. The highest BCUT2D eigenvalue weighted by atomic mass is 16.5. The maximum atomic E-state index is 12.2. The number of nitrogens with one attached hydrogen (secondary N) is 2. The molecule has 2 N–H and O–H groups in total. The standard InChI is InChI=1S/C34H34N4O6/c1-41-31-19-27(13-15-29(31)43-23-25-9-5-3-6-10-25)21-35-37-33(39)17-18-34(40)38-36-22-28-14-16-30(32(20-28)42-2)44-24-26-11-7-4-8-12-26/h3-16,19-22H,17-18,23-24H2,1-2H3,(H,37,39)(H,38,40)/b35-21+,36-22+. The molecule has 0 aromatic heterocycles. The zero-order chi connectivity index (χ0) is 31.0. The average molecular weight is 595 g/mol. The molecule has 4 aromatic rings. The monoisotopic (exact) mass is 594 g/mol. The second-order valence-corrected chi connectivity index (χ2v) is 9.46. The van der Waals surface area contributed by atoms with Gasteiger partial charge in [0.25, 0.3) is 0 Å². The predicted octanol–water partition coefficient (Wildman–Crippen LogP) is 5.24.